The SMILES string of the molecule is C=C1C[C@@]23CC[C@H]4[C@](C)(CCC[C@]4(C)C(=O)O[C@@H]4O[C@H](CO)[C@@H](O)[C@H](O)[C@H]4O)[C@@H]2CC[C@]1(O[C@H]1O[C@@H](CO)[C@H](O)[C@@H](O)[C@@H]1O)C3. The summed E-state index contributed by atoms with van der Waals surface area (Å²) < 4.78 is 23.4. The molecule has 0 amide bonds. The molecule has 8 N–H and O–H groups in total. The summed E-state index contributed by atoms with van der Waals surface area (Å²) in [7, 11) is 0. The fourth-order valence-electron chi connectivity index (χ4n) is 10.5. The highest BCUT2D eigenvalue weighted by atomic mass is 16.7. The van der Waals surface area contributed by atoms with E-state index in [2.05, 4.69) is 13.5 Å². The van der Waals surface area contributed by atoms with Crippen molar-refractivity contribution in [2.24, 2.45) is 28.1 Å². The molecule has 0 aromatic carbocycles. The van der Waals surface area contributed by atoms with Crippen LogP contribution in [0, 0.1) is 28.1 Å². The van der Waals surface area contributed by atoms with Gasteiger partial charge in [-0.2, -0.15) is 0 Å². The number of ether oxygens (including phenoxy) is 4. The van der Waals surface area contributed by atoms with Gasteiger partial charge in [0, 0.05) is 0 Å². The van der Waals surface area contributed by atoms with Gasteiger partial charge in [-0.15, -0.1) is 0 Å². The largest absolute Gasteiger partial charge is 0.432 e. The molecule has 6 rings (SSSR count). The highest BCUT2D eigenvalue weighted by Crippen LogP contribution is 2.73. The lowest BCUT2D eigenvalue weighted by molar-refractivity contribution is -0.327. The van der Waals surface area contributed by atoms with Gasteiger partial charge in [0.1, 0.15) is 48.8 Å². The molecule has 2 saturated heterocycles. The molecular formula is C32H50O13. The average molecular weight is 643 g/mol. The van der Waals surface area contributed by atoms with Crippen LogP contribution in [0.1, 0.15) is 71.6 Å². The molecule has 16 atom stereocenters. The maximum Gasteiger partial charge on any atom is 0.314 e. The summed E-state index contributed by atoms with van der Waals surface area (Å²) in [6, 6.07) is 0. The van der Waals surface area contributed by atoms with Crippen LogP contribution in [0.3, 0.4) is 0 Å². The number of aliphatic hydroxyl groups excluding tert-OH is 8. The van der Waals surface area contributed by atoms with E-state index < -0.39 is 91.6 Å². The van der Waals surface area contributed by atoms with Gasteiger partial charge >= 0.3 is 5.97 Å². The van der Waals surface area contributed by atoms with Gasteiger partial charge in [-0.1, -0.05) is 19.9 Å². The molecule has 45 heavy (non-hydrogen) atoms. The average Bonchev–Trinajstić information content (AvgIpc) is 3.20. The molecular weight excluding hydrogens is 592 g/mol. The molecule has 2 heterocycles. The van der Waals surface area contributed by atoms with Gasteiger partial charge in [0.05, 0.1) is 24.2 Å². The third-order valence-corrected chi connectivity index (χ3v) is 12.9. The van der Waals surface area contributed by atoms with Crippen molar-refractivity contribution in [3.05, 3.63) is 12.2 Å². The zero-order chi connectivity index (χ0) is 32.7. The van der Waals surface area contributed by atoms with Crippen molar-refractivity contribution in [3.8, 4) is 0 Å². The van der Waals surface area contributed by atoms with E-state index >= 15 is 0 Å². The van der Waals surface area contributed by atoms with Crippen molar-refractivity contribution in [3.63, 3.8) is 0 Å². The topological polar surface area (TPSA) is 216 Å². The standard InChI is InChI=1S/C32H50O13/c1-15-11-31-9-5-18-29(2,7-4-8-30(18,3)28(41)44-26-24(39)22(37)20(35)16(12-33)42-26)19(31)6-10-32(15,14-31)45-27-25(40)23(38)21(36)17(13-34)43-27/h16-27,33-40H,1,4-14H2,2-3H3/t16-,17+,18+,19+,20-,21+,22+,23-,24-,25+,26+,27-,29+,30+,31-,32+/m1/s1. The van der Waals surface area contributed by atoms with Crippen LogP contribution in [-0.4, -0.2) is 127 Å². The first-order valence-electron chi connectivity index (χ1n) is 16.3. The summed E-state index contributed by atoms with van der Waals surface area (Å²) in [6.07, 6.45) is -7.82. The Bertz CT molecular complexity index is 1150. The van der Waals surface area contributed by atoms with E-state index in [0.717, 1.165) is 37.7 Å². The molecule has 2 aliphatic heterocycles. The van der Waals surface area contributed by atoms with Gasteiger partial charge in [0.2, 0.25) is 6.29 Å². The van der Waals surface area contributed by atoms with Crippen molar-refractivity contribution in [1.29, 1.82) is 0 Å². The van der Waals surface area contributed by atoms with Gasteiger partial charge < -0.3 is 59.8 Å². The minimum absolute atomic E-state index is 0.0421. The van der Waals surface area contributed by atoms with Crippen molar-refractivity contribution < 1.29 is 64.6 Å². The Morgan fingerprint density at radius 2 is 1.38 bits per heavy atom. The molecule has 0 radical (unpaired) electrons. The van der Waals surface area contributed by atoms with Crippen LogP contribution in [0.2, 0.25) is 0 Å². The second-order valence-corrected chi connectivity index (χ2v) is 15.2. The molecule has 0 aromatic heterocycles. The number of hydrogen-bond donors (Lipinski definition) is 8. The Labute approximate surface area is 262 Å². The summed E-state index contributed by atoms with van der Waals surface area (Å²) in [5, 5.41) is 81.4. The van der Waals surface area contributed by atoms with Crippen LogP contribution in [0.4, 0.5) is 0 Å². The summed E-state index contributed by atoms with van der Waals surface area (Å²) >= 11 is 0. The monoisotopic (exact) mass is 642 g/mol. The number of fused-ring (bicyclic) bond motifs is 3. The van der Waals surface area contributed by atoms with E-state index in [0.29, 0.717) is 25.7 Å². The van der Waals surface area contributed by atoms with E-state index in [1.807, 2.05) is 6.92 Å². The van der Waals surface area contributed by atoms with Crippen LogP contribution in [0.25, 0.3) is 0 Å². The Morgan fingerprint density at radius 3 is 2.00 bits per heavy atom. The third-order valence-electron chi connectivity index (χ3n) is 12.9. The van der Waals surface area contributed by atoms with Crippen LogP contribution in [0.15, 0.2) is 12.2 Å². The predicted molar refractivity (Wildman–Crippen MR) is 154 cm³/mol. The van der Waals surface area contributed by atoms with Crippen LogP contribution in [-0.2, 0) is 23.7 Å². The first-order valence-corrected chi connectivity index (χ1v) is 16.3. The second kappa shape index (κ2) is 11.7. The van der Waals surface area contributed by atoms with Crippen molar-refractivity contribution in [2.45, 2.75) is 139 Å². The van der Waals surface area contributed by atoms with Crippen LogP contribution >= 0.6 is 0 Å². The first kappa shape index (κ1) is 33.7. The zero-order valence-corrected chi connectivity index (χ0v) is 26.0. The lowest BCUT2D eigenvalue weighted by Gasteiger charge is -2.64. The molecule has 6 fully saturated rings. The summed E-state index contributed by atoms with van der Waals surface area (Å²) in [4.78, 5) is 13.9. The highest BCUT2D eigenvalue weighted by molar-refractivity contribution is 5.77. The van der Waals surface area contributed by atoms with E-state index in [9.17, 15) is 45.6 Å². The van der Waals surface area contributed by atoms with Gasteiger partial charge in [0.25, 0.3) is 0 Å². The number of carbonyl (C=O) groups excluding carboxylic acids is 1. The van der Waals surface area contributed by atoms with Crippen molar-refractivity contribution in [2.75, 3.05) is 13.2 Å². The highest BCUT2D eigenvalue weighted by Gasteiger charge is 2.69. The smallest absolute Gasteiger partial charge is 0.314 e. The zero-order valence-electron chi connectivity index (χ0n) is 26.0. The lowest BCUT2D eigenvalue weighted by Crippen LogP contribution is -2.63. The van der Waals surface area contributed by atoms with Gasteiger partial charge in [-0.05, 0) is 86.5 Å². The normalized spacial score (nSPS) is 54.7. The van der Waals surface area contributed by atoms with Crippen LogP contribution in [0.5, 0.6) is 0 Å². The number of aliphatic hydroxyl groups is 8. The fraction of sp³-hybridized carbons (Fsp3) is 0.906. The Kier molecular flexibility index (Phi) is 8.77. The Balaban J connectivity index is 1.20. The molecule has 13 heteroatoms. The quantitative estimate of drug-likeness (QED) is 0.102. The van der Waals surface area contributed by atoms with E-state index in [4.69, 9.17) is 18.9 Å². The van der Waals surface area contributed by atoms with Crippen LogP contribution < -0.4 is 0 Å². The molecule has 256 valence electrons. The van der Waals surface area contributed by atoms with Gasteiger partial charge in [0.15, 0.2) is 6.29 Å². The van der Waals surface area contributed by atoms with Gasteiger partial charge in [-0.3, -0.25) is 4.79 Å². The first-order chi connectivity index (χ1) is 21.2. The summed E-state index contributed by atoms with van der Waals surface area (Å²) in [6.45, 7) is 7.41. The number of carbonyl (C=O) groups is 1. The van der Waals surface area contributed by atoms with E-state index in [-0.39, 0.29) is 22.7 Å². The molecule has 1 spiro atoms. The molecule has 4 saturated carbocycles. The lowest BCUT2D eigenvalue weighted by atomic mass is 9.41. The summed E-state index contributed by atoms with van der Waals surface area (Å²) in [5.41, 5.74) is -1.20. The van der Waals surface area contributed by atoms with Crippen molar-refractivity contribution >= 4 is 5.97 Å². The molecule has 0 unspecified atom stereocenters. The molecule has 13 nitrogen and oxygen atoms in total. The van der Waals surface area contributed by atoms with Crippen molar-refractivity contribution in [1.82, 2.24) is 0 Å². The van der Waals surface area contributed by atoms with E-state index in [1.54, 1.807) is 0 Å². The minimum Gasteiger partial charge on any atom is -0.432 e. The maximum atomic E-state index is 13.9. The maximum absolute atomic E-state index is 13.9. The number of esters is 1. The molecule has 6 aliphatic rings. The Morgan fingerprint density at radius 1 is 0.800 bits per heavy atom. The second-order valence-electron chi connectivity index (χ2n) is 15.2. The third kappa shape index (κ3) is 5.04. The van der Waals surface area contributed by atoms with E-state index in [1.165, 1.54) is 0 Å². The Hall–Kier alpha value is -1.23. The minimum atomic E-state index is -1.67. The number of rotatable bonds is 6. The summed E-state index contributed by atoms with van der Waals surface area (Å²) in [5.74, 6) is -0.348. The fourth-order valence-corrected chi connectivity index (χ4v) is 10.5. The molecule has 0 aromatic rings. The number of hydrogen-bond acceptors (Lipinski definition) is 13. The van der Waals surface area contributed by atoms with Gasteiger partial charge in [-0.25, -0.2) is 0 Å². The molecule has 4 aliphatic carbocycles. The predicted octanol–water partition coefficient (Wildman–Crippen LogP) is -0.762. The molecule has 2 bridgehead atoms.